The van der Waals surface area contributed by atoms with E-state index >= 15 is 0 Å². The highest BCUT2D eigenvalue weighted by atomic mass is 16.2. The largest absolute Gasteiger partial charge is 0.354 e. The Kier molecular flexibility index (Phi) is 7.73. The molecule has 3 aromatic carbocycles. The van der Waals surface area contributed by atoms with Gasteiger partial charge in [-0.3, -0.25) is 14.4 Å². The first-order valence-electron chi connectivity index (χ1n) is 12.7. The number of anilines is 1. The number of nitrogens with zero attached hydrogens (tertiary/aromatic N) is 2. The van der Waals surface area contributed by atoms with E-state index in [0.717, 1.165) is 27.6 Å². The highest BCUT2D eigenvalue weighted by molar-refractivity contribution is 6.25. The number of amides is 3. The van der Waals surface area contributed by atoms with Gasteiger partial charge in [-0.15, -0.1) is 0 Å². The molecule has 6 heteroatoms. The van der Waals surface area contributed by atoms with E-state index in [9.17, 15) is 14.4 Å². The smallest absolute Gasteiger partial charge is 0.258 e. The van der Waals surface area contributed by atoms with Gasteiger partial charge < -0.3 is 15.1 Å². The Morgan fingerprint density at radius 2 is 1.72 bits per heavy atom. The first-order valence-corrected chi connectivity index (χ1v) is 12.7. The van der Waals surface area contributed by atoms with Crippen LogP contribution in [0.1, 0.15) is 55.1 Å². The van der Waals surface area contributed by atoms with Crippen molar-refractivity contribution in [2.45, 2.75) is 53.1 Å². The summed E-state index contributed by atoms with van der Waals surface area (Å²) in [6.07, 6.45) is 0.767. The van der Waals surface area contributed by atoms with Crippen LogP contribution in [-0.4, -0.2) is 41.8 Å². The minimum atomic E-state index is -0.594. The molecule has 3 aromatic rings. The highest BCUT2D eigenvalue weighted by Gasteiger charge is 2.30. The van der Waals surface area contributed by atoms with E-state index in [1.54, 1.807) is 16.7 Å². The topological polar surface area (TPSA) is 69.7 Å². The maximum absolute atomic E-state index is 13.4. The second-order valence-corrected chi connectivity index (χ2v) is 10.1. The zero-order chi connectivity index (χ0) is 25.8. The molecule has 1 aliphatic heterocycles. The van der Waals surface area contributed by atoms with E-state index in [2.05, 4.69) is 5.32 Å². The van der Waals surface area contributed by atoms with Crippen LogP contribution in [0.15, 0.2) is 60.7 Å². The van der Waals surface area contributed by atoms with Crippen LogP contribution in [0.3, 0.4) is 0 Å². The summed E-state index contributed by atoms with van der Waals surface area (Å²) in [5.41, 5.74) is 3.71. The Hall–Kier alpha value is -3.67. The van der Waals surface area contributed by atoms with Crippen LogP contribution in [-0.2, 0) is 16.1 Å². The molecule has 1 N–H and O–H groups in total. The minimum absolute atomic E-state index is 0.0210. The Labute approximate surface area is 213 Å². The van der Waals surface area contributed by atoms with E-state index in [4.69, 9.17) is 0 Å². The van der Waals surface area contributed by atoms with Gasteiger partial charge in [0.25, 0.3) is 5.91 Å². The molecule has 1 aliphatic rings. The van der Waals surface area contributed by atoms with Gasteiger partial charge in [-0.05, 0) is 49.3 Å². The standard InChI is InChI=1S/C30H35N3O3/c1-20(2)18-31-29(35)22(4)33(19-23-10-5-9-21(3)17-23)27(34)15-8-16-32-26-14-7-12-24-11-6-13-25(28(24)26)30(32)36/h5-7,9-14,17,20,22H,8,15-16,18-19H2,1-4H3,(H,31,35)/t22-/m0/s1. The van der Waals surface area contributed by atoms with Crippen LogP contribution >= 0.6 is 0 Å². The molecule has 6 nitrogen and oxygen atoms in total. The lowest BCUT2D eigenvalue weighted by atomic mass is 10.1. The molecule has 1 atom stereocenters. The van der Waals surface area contributed by atoms with Crippen LogP contribution < -0.4 is 10.2 Å². The maximum atomic E-state index is 13.4. The first kappa shape index (κ1) is 25.4. The van der Waals surface area contributed by atoms with Gasteiger partial charge in [0, 0.05) is 37.0 Å². The van der Waals surface area contributed by atoms with Crippen LogP contribution in [0.4, 0.5) is 5.69 Å². The summed E-state index contributed by atoms with van der Waals surface area (Å²) in [6.45, 7) is 9.26. The van der Waals surface area contributed by atoms with E-state index in [1.165, 1.54) is 0 Å². The van der Waals surface area contributed by atoms with Gasteiger partial charge in [-0.25, -0.2) is 0 Å². The van der Waals surface area contributed by atoms with E-state index in [1.807, 2.05) is 81.4 Å². The fraction of sp³-hybridized carbons (Fsp3) is 0.367. The van der Waals surface area contributed by atoms with E-state index < -0.39 is 6.04 Å². The average molecular weight is 486 g/mol. The van der Waals surface area contributed by atoms with Crippen molar-refractivity contribution in [3.8, 4) is 0 Å². The summed E-state index contributed by atoms with van der Waals surface area (Å²) in [5, 5.41) is 4.98. The zero-order valence-corrected chi connectivity index (χ0v) is 21.6. The lowest BCUT2D eigenvalue weighted by Crippen LogP contribution is -2.48. The fourth-order valence-electron chi connectivity index (χ4n) is 4.78. The van der Waals surface area contributed by atoms with Crippen molar-refractivity contribution >= 4 is 34.2 Å². The summed E-state index contributed by atoms with van der Waals surface area (Å²) < 4.78 is 0. The first-order chi connectivity index (χ1) is 17.3. The number of hydrogen-bond acceptors (Lipinski definition) is 3. The fourth-order valence-corrected chi connectivity index (χ4v) is 4.78. The molecule has 3 amide bonds. The molecule has 36 heavy (non-hydrogen) atoms. The lowest BCUT2D eigenvalue weighted by Gasteiger charge is -2.29. The number of rotatable bonds is 10. The second-order valence-electron chi connectivity index (χ2n) is 10.1. The van der Waals surface area contributed by atoms with Gasteiger partial charge in [-0.2, -0.15) is 0 Å². The average Bonchev–Trinajstić information content (AvgIpc) is 3.13. The molecule has 0 saturated heterocycles. The van der Waals surface area contributed by atoms with Crippen LogP contribution in [0.2, 0.25) is 0 Å². The molecular weight excluding hydrogens is 450 g/mol. The van der Waals surface area contributed by atoms with Gasteiger partial charge in [0.1, 0.15) is 6.04 Å². The van der Waals surface area contributed by atoms with Crippen molar-refractivity contribution in [1.82, 2.24) is 10.2 Å². The second kappa shape index (κ2) is 10.9. The molecule has 0 bridgehead atoms. The number of nitrogens with one attached hydrogen (secondary N) is 1. The SMILES string of the molecule is Cc1cccc(CN(C(=O)CCCN2C(=O)c3cccc4cccc2c34)[C@@H](C)C(=O)NCC(C)C)c1. The number of carbonyl (C=O) groups excluding carboxylic acids is 3. The van der Waals surface area contributed by atoms with E-state index in [-0.39, 0.29) is 24.1 Å². The molecule has 0 saturated carbocycles. The van der Waals surface area contributed by atoms with Crippen molar-refractivity contribution in [2.75, 3.05) is 18.0 Å². The van der Waals surface area contributed by atoms with Gasteiger partial charge in [0.2, 0.25) is 11.8 Å². The van der Waals surface area contributed by atoms with Crippen LogP contribution in [0, 0.1) is 12.8 Å². The third kappa shape index (κ3) is 5.43. The van der Waals surface area contributed by atoms with Crippen molar-refractivity contribution in [1.29, 1.82) is 0 Å². The number of carbonyl (C=O) groups is 3. The molecule has 0 unspecified atom stereocenters. The quantitative estimate of drug-likeness (QED) is 0.436. The number of benzene rings is 3. The summed E-state index contributed by atoms with van der Waals surface area (Å²) in [5.74, 6) is 0.0635. The molecular formula is C30H35N3O3. The van der Waals surface area contributed by atoms with Crippen molar-refractivity contribution in [3.05, 3.63) is 77.4 Å². The third-order valence-electron chi connectivity index (χ3n) is 6.71. The zero-order valence-electron chi connectivity index (χ0n) is 21.6. The molecule has 4 rings (SSSR count). The predicted molar refractivity (Wildman–Crippen MR) is 144 cm³/mol. The van der Waals surface area contributed by atoms with Gasteiger partial charge in [0.05, 0.1) is 5.69 Å². The van der Waals surface area contributed by atoms with Crippen molar-refractivity contribution < 1.29 is 14.4 Å². The lowest BCUT2D eigenvalue weighted by molar-refractivity contribution is -0.140. The number of aryl methyl sites for hydroxylation is 1. The Morgan fingerprint density at radius 1 is 1.00 bits per heavy atom. The molecule has 0 aliphatic carbocycles. The summed E-state index contributed by atoms with van der Waals surface area (Å²) in [4.78, 5) is 42.8. The summed E-state index contributed by atoms with van der Waals surface area (Å²) in [6, 6.07) is 19.1. The molecule has 0 radical (unpaired) electrons. The van der Waals surface area contributed by atoms with Crippen LogP contribution in [0.5, 0.6) is 0 Å². The molecule has 0 aromatic heterocycles. The Balaban J connectivity index is 1.45. The molecule has 0 spiro atoms. The summed E-state index contributed by atoms with van der Waals surface area (Å²) >= 11 is 0. The minimum Gasteiger partial charge on any atom is -0.354 e. The normalized spacial score (nSPS) is 13.4. The van der Waals surface area contributed by atoms with Crippen molar-refractivity contribution in [3.63, 3.8) is 0 Å². The van der Waals surface area contributed by atoms with Crippen molar-refractivity contribution in [2.24, 2.45) is 5.92 Å². The van der Waals surface area contributed by atoms with Gasteiger partial charge in [-0.1, -0.05) is 67.9 Å². The molecule has 1 heterocycles. The maximum Gasteiger partial charge on any atom is 0.258 e. The predicted octanol–water partition coefficient (Wildman–Crippen LogP) is 5.08. The monoisotopic (exact) mass is 485 g/mol. The van der Waals surface area contributed by atoms with Crippen LogP contribution in [0.25, 0.3) is 10.8 Å². The molecule has 0 fully saturated rings. The third-order valence-corrected chi connectivity index (χ3v) is 6.71. The Morgan fingerprint density at radius 3 is 2.44 bits per heavy atom. The number of hydrogen-bond donors (Lipinski definition) is 1. The Bertz CT molecular complexity index is 1280. The molecule has 188 valence electrons. The van der Waals surface area contributed by atoms with Gasteiger partial charge in [0.15, 0.2) is 0 Å². The highest BCUT2D eigenvalue weighted by Crippen LogP contribution is 2.37. The van der Waals surface area contributed by atoms with E-state index in [0.29, 0.717) is 37.5 Å². The van der Waals surface area contributed by atoms with Gasteiger partial charge >= 0.3 is 0 Å². The summed E-state index contributed by atoms with van der Waals surface area (Å²) in [7, 11) is 0.